The lowest BCUT2D eigenvalue weighted by Gasteiger charge is -2.31. The molecule has 4 heterocycles. The van der Waals surface area contributed by atoms with Gasteiger partial charge in [0.05, 0.1) is 5.69 Å². The molecule has 1 aromatic heterocycles. The fourth-order valence-corrected chi connectivity index (χ4v) is 5.47. The Labute approximate surface area is 190 Å². The molecule has 3 aliphatic rings. The summed E-state index contributed by atoms with van der Waals surface area (Å²) in [7, 11) is 4.14. The van der Waals surface area contributed by atoms with Gasteiger partial charge in [-0.25, -0.2) is 9.97 Å². The van der Waals surface area contributed by atoms with Crippen LogP contribution in [0.15, 0.2) is 18.2 Å². The van der Waals surface area contributed by atoms with Gasteiger partial charge >= 0.3 is 0 Å². The molecular weight excluding hydrogens is 400 g/mol. The Morgan fingerprint density at radius 2 is 2.06 bits per heavy atom. The SMILES string of the molecule is CNc1nc([C@H]2CCN(C(C)=O)C2)nc2c1CN(Cc1ccc3c(c1)CCCN3C)CC2. The molecule has 7 nitrogen and oxygen atoms in total. The van der Waals surface area contributed by atoms with Crippen molar-refractivity contribution >= 4 is 17.4 Å². The summed E-state index contributed by atoms with van der Waals surface area (Å²) in [4.78, 5) is 28.4. The van der Waals surface area contributed by atoms with Crippen LogP contribution in [0.5, 0.6) is 0 Å². The first-order valence-electron chi connectivity index (χ1n) is 11.9. The van der Waals surface area contributed by atoms with Gasteiger partial charge in [-0.15, -0.1) is 0 Å². The highest BCUT2D eigenvalue weighted by Crippen LogP contribution is 2.31. The highest BCUT2D eigenvalue weighted by atomic mass is 16.2. The first-order chi connectivity index (χ1) is 15.5. The van der Waals surface area contributed by atoms with Gasteiger partial charge < -0.3 is 15.1 Å². The van der Waals surface area contributed by atoms with Gasteiger partial charge in [0.2, 0.25) is 5.91 Å². The zero-order valence-corrected chi connectivity index (χ0v) is 19.5. The van der Waals surface area contributed by atoms with E-state index in [1.54, 1.807) is 6.92 Å². The summed E-state index contributed by atoms with van der Waals surface area (Å²) in [6.07, 6.45) is 4.30. The van der Waals surface area contributed by atoms with E-state index in [0.29, 0.717) is 0 Å². The third-order valence-corrected chi connectivity index (χ3v) is 7.29. The molecule has 0 bridgehead atoms. The molecule has 0 saturated carbocycles. The van der Waals surface area contributed by atoms with E-state index >= 15 is 0 Å². The molecule has 1 aromatic carbocycles. The van der Waals surface area contributed by atoms with Gasteiger partial charge in [0.15, 0.2) is 0 Å². The molecule has 7 heteroatoms. The van der Waals surface area contributed by atoms with Crippen LogP contribution < -0.4 is 10.2 Å². The second kappa shape index (κ2) is 8.70. The predicted molar refractivity (Wildman–Crippen MR) is 127 cm³/mol. The number of aromatic nitrogens is 2. The molecule has 0 radical (unpaired) electrons. The summed E-state index contributed by atoms with van der Waals surface area (Å²) in [5.74, 6) is 2.22. The molecule has 0 aliphatic carbocycles. The van der Waals surface area contributed by atoms with Crippen molar-refractivity contribution in [3.63, 3.8) is 0 Å². The number of hydrogen-bond donors (Lipinski definition) is 1. The maximum Gasteiger partial charge on any atom is 0.219 e. The summed E-state index contributed by atoms with van der Waals surface area (Å²) in [5, 5.41) is 3.32. The zero-order chi connectivity index (χ0) is 22.2. The third kappa shape index (κ3) is 4.06. The average molecular weight is 435 g/mol. The number of carbonyl (C=O) groups excluding carboxylic acids is 1. The van der Waals surface area contributed by atoms with Crippen molar-refractivity contribution < 1.29 is 4.79 Å². The van der Waals surface area contributed by atoms with Gasteiger partial charge in [-0.3, -0.25) is 9.69 Å². The van der Waals surface area contributed by atoms with E-state index in [-0.39, 0.29) is 11.8 Å². The maximum atomic E-state index is 11.7. The van der Waals surface area contributed by atoms with Gasteiger partial charge in [0.1, 0.15) is 11.6 Å². The molecule has 1 amide bonds. The number of rotatable bonds is 4. The van der Waals surface area contributed by atoms with Crippen LogP contribution in [-0.2, 0) is 30.7 Å². The molecule has 5 rings (SSSR count). The van der Waals surface area contributed by atoms with Crippen molar-refractivity contribution in [3.05, 3.63) is 46.4 Å². The molecule has 0 unspecified atom stereocenters. The topological polar surface area (TPSA) is 64.6 Å². The van der Waals surface area contributed by atoms with Gasteiger partial charge in [-0.1, -0.05) is 12.1 Å². The smallest absolute Gasteiger partial charge is 0.219 e. The molecule has 3 aliphatic heterocycles. The van der Waals surface area contributed by atoms with E-state index < -0.39 is 0 Å². The zero-order valence-electron chi connectivity index (χ0n) is 19.5. The minimum atomic E-state index is 0.142. The molecule has 1 N–H and O–H groups in total. The average Bonchev–Trinajstić information content (AvgIpc) is 3.29. The van der Waals surface area contributed by atoms with Crippen molar-refractivity contribution in [2.24, 2.45) is 0 Å². The van der Waals surface area contributed by atoms with Crippen LogP contribution in [0, 0.1) is 0 Å². The summed E-state index contributed by atoms with van der Waals surface area (Å²) < 4.78 is 0. The van der Waals surface area contributed by atoms with Gasteiger partial charge in [-0.05, 0) is 36.5 Å². The number of nitrogens with zero attached hydrogens (tertiary/aromatic N) is 5. The van der Waals surface area contributed by atoms with E-state index in [4.69, 9.17) is 9.97 Å². The van der Waals surface area contributed by atoms with Crippen molar-refractivity contribution in [2.45, 2.75) is 51.6 Å². The summed E-state index contributed by atoms with van der Waals surface area (Å²) in [6.45, 7) is 7.16. The molecular formula is C25H34N6O. The normalized spacial score (nSPS) is 20.8. The van der Waals surface area contributed by atoms with E-state index in [2.05, 4.69) is 40.4 Å². The van der Waals surface area contributed by atoms with E-state index in [0.717, 1.165) is 63.8 Å². The quantitative estimate of drug-likeness (QED) is 0.798. The Hall–Kier alpha value is -2.67. The highest BCUT2D eigenvalue weighted by molar-refractivity contribution is 5.73. The third-order valence-electron chi connectivity index (χ3n) is 7.29. The van der Waals surface area contributed by atoms with Gasteiger partial charge in [0, 0.05) is 83.9 Å². The first-order valence-corrected chi connectivity index (χ1v) is 11.9. The van der Waals surface area contributed by atoms with E-state index in [1.165, 1.54) is 40.9 Å². The van der Waals surface area contributed by atoms with Crippen LogP contribution in [-0.4, -0.2) is 65.9 Å². The first kappa shape index (κ1) is 21.2. The van der Waals surface area contributed by atoms with Crippen molar-refractivity contribution in [3.8, 4) is 0 Å². The summed E-state index contributed by atoms with van der Waals surface area (Å²) >= 11 is 0. The molecule has 1 saturated heterocycles. The Bertz CT molecular complexity index is 1000. The number of amides is 1. The lowest BCUT2D eigenvalue weighted by Crippen LogP contribution is -2.32. The van der Waals surface area contributed by atoms with Crippen molar-refractivity contribution in [2.75, 3.05) is 50.5 Å². The Kier molecular flexibility index (Phi) is 5.76. The van der Waals surface area contributed by atoms with Crippen LogP contribution in [0.4, 0.5) is 11.5 Å². The number of anilines is 2. The van der Waals surface area contributed by atoms with Crippen molar-refractivity contribution in [1.29, 1.82) is 0 Å². The Balaban J connectivity index is 1.32. The number of hydrogen-bond acceptors (Lipinski definition) is 6. The van der Waals surface area contributed by atoms with E-state index in [1.807, 2.05) is 11.9 Å². The largest absolute Gasteiger partial charge is 0.374 e. The van der Waals surface area contributed by atoms with E-state index in [9.17, 15) is 4.79 Å². The minimum absolute atomic E-state index is 0.142. The minimum Gasteiger partial charge on any atom is -0.374 e. The maximum absolute atomic E-state index is 11.7. The number of carbonyl (C=O) groups is 1. The lowest BCUT2D eigenvalue weighted by atomic mass is 9.98. The Morgan fingerprint density at radius 3 is 2.84 bits per heavy atom. The van der Waals surface area contributed by atoms with Crippen LogP contribution in [0.3, 0.4) is 0 Å². The van der Waals surface area contributed by atoms with Gasteiger partial charge in [-0.2, -0.15) is 0 Å². The highest BCUT2D eigenvalue weighted by Gasteiger charge is 2.30. The van der Waals surface area contributed by atoms with Gasteiger partial charge in [0.25, 0.3) is 0 Å². The molecule has 170 valence electrons. The number of nitrogens with one attached hydrogen (secondary N) is 1. The Morgan fingerprint density at radius 1 is 1.19 bits per heavy atom. The van der Waals surface area contributed by atoms with Crippen LogP contribution in [0.2, 0.25) is 0 Å². The summed E-state index contributed by atoms with van der Waals surface area (Å²) in [6, 6.07) is 6.98. The molecule has 1 atom stereocenters. The molecule has 2 aromatic rings. The van der Waals surface area contributed by atoms with Crippen LogP contribution in [0.1, 0.15) is 53.9 Å². The fraction of sp³-hybridized carbons (Fsp3) is 0.560. The lowest BCUT2D eigenvalue weighted by molar-refractivity contribution is -0.127. The standard InChI is InChI=1S/C25H34N6O/c1-17(32)31-12-8-20(15-31)24-27-22-9-11-30(16-21(22)25(26-2)28-24)14-18-6-7-23-19(13-18)5-4-10-29(23)3/h6-7,13,20H,4-5,8-12,14-16H2,1-3H3,(H,26,27,28)/t20-/m0/s1. The number of aryl methyl sites for hydroxylation is 1. The predicted octanol–water partition coefficient (Wildman–Crippen LogP) is 2.79. The number of fused-ring (bicyclic) bond motifs is 2. The number of benzene rings is 1. The van der Waals surface area contributed by atoms with Crippen LogP contribution in [0.25, 0.3) is 0 Å². The monoisotopic (exact) mass is 434 g/mol. The summed E-state index contributed by atoms with van der Waals surface area (Å²) in [5.41, 5.74) is 6.65. The number of likely N-dealkylation sites (tertiary alicyclic amines) is 1. The molecule has 0 spiro atoms. The second-order valence-corrected chi connectivity index (χ2v) is 9.51. The molecule has 1 fully saturated rings. The molecule has 32 heavy (non-hydrogen) atoms. The fourth-order valence-electron chi connectivity index (χ4n) is 5.47. The van der Waals surface area contributed by atoms with Crippen molar-refractivity contribution in [1.82, 2.24) is 19.8 Å². The second-order valence-electron chi connectivity index (χ2n) is 9.51. The van der Waals surface area contributed by atoms with Crippen LogP contribution >= 0.6 is 0 Å².